The lowest BCUT2D eigenvalue weighted by Gasteiger charge is -2.12. The van der Waals surface area contributed by atoms with Crippen LogP contribution in [0.1, 0.15) is 23.2 Å². The summed E-state index contributed by atoms with van der Waals surface area (Å²) in [5.74, 6) is 0.477. The normalized spacial score (nSPS) is 10.6. The summed E-state index contributed by atoms with van der Waals surface area (Å²) >= 11 is 0. The van der Waals surface area contributed by atoms with Crippen LogP contribution >= 0.6 is 0 Å². The van der Waals surface area contributed by atoms with Crippen LogP contribution in [-0.4, -0.2) is 33.2 Å². The maximum absolute atomic E-state index is 13.9. The van der Waals surface area contributed by atoms with Crippen LogP contribution in [0.5, 0.6) is 11.5 Å². The Bertz CT molecular complexity index is 1390. The van der Waals surface area contributed by atoms with Crippen molar-refractivity contribution in [3.63, 3.8) is 0 Å². The van der Waals surface area contributed by atoms with Gasteiger partial charge in [0.1, 0.15) is 18.1 Å². The molecule has 0 aliphatic rings. The third-order valence-corrected chi connectivity index (χ3v) is 5.34. The molecule has 0 radical (unpaired) electrons. The van der Waals surface area contributed by atoms with Crippen molar-refractivity contribution < 1.29 is 18.7 Å². The number of halogens is 1. The molecule has 36 heavy (non-hydrogen) atoms. The highest BCUT2D eigenvalue weighted by Gasteiger charge is 2.13. The predicted molar refractivity (Wildman–Crippen MR) is 130 cm³/mol. The van der Waals surface area contributed by atoms with E-state index in [0.29, 0.717) is 29.2 Å². The number of rotatable bonds is 10. The molecule has 0 saturated carbocycles. The van der Waals surface area contributed by atoms with Crippen LogP contribution in [0.15, 0.2) is 71.8 Å². The smallest absolute Gasteiger partial charge is 0.273 e. The van der Waals surface area contributed by atoms with Crippen LogP contribution in [0.4, 0.5) is 4.39 Å². The maximum atomic E-state index is 13.9. The van der Waals surface area contributed by atoms with Crippen molar-refractivity contribution in [3.8, 4) is 22.9 Å². The first-order valence-electron chi connectivity index (χ1n) is 11.2. The second-order valence-electron chi connectivity index (χ2n) is 7.83. The average molecular weight is 490 g/mol. The molecule has 10 heteroatoms. The van der Waals surface area contributed by atoms with Gasteiger partial charge in [0.15, 0.2) is 17.3 Å². The Morgan fingerprint density at radius 1 is 1.08 bits per heavy atom. The summed E-state index contributed by atoms with van der Waals surface area (Å²) in [6.45, 7) is 0.388. The minimum Gasteiger partial charge on any atom is -0.493 e. The zero-order chi connectivity index (χ0) is 25.3. The fourth-order valence-corrected chi connectivity index (χ4v) is 3.38. The number of hydrogen-bond acceptors (Lipinski definition) is 7. The monoisotopic (exact) mass is 489 g/mol. The minimum atomic E-state index is -0.432. The predicted octanol–water partition coefficient (Wildman–Crippen LogP) is 3.20. The highest BCUT2D eigenvalue weighted by atomic mass is 19.1. The summed E-state index contributed by atoms with van der Waals surface area (Å²) in [5.41, 5.74) is 1.58. The van der Waals surface area contributed by atoms with Crippen LogP contribution in [0.3, 0.4) is 0 Å². The molecular formula is C26H24FN5O4. The highest BCUT2D eigenvalue weighted by molar-refractivity contribution is 5.76. The van der Waals surface area contributed by atoms with Gasteiger partial charge in [0.2, 0.25) is 5.91 Å². The van der Waals surface area contributed by atoms with Crippen LogP contribution in [0.25, 0.3) is 11.4 Å². The summed E-state index contributed by atoms with van der Waals surface area (Å²) in [4.78, 5) is 31.3. The van der Waals surface area contributed by atoms with Crippen LogP contribution in [0, 0.1) is 5.82 Å². The molecule has 2 aromatic heterocycles. The van der Waals surface area contributed by atoms with Gasteiger partial charge in [-0.15, -0.1) is 10.2 Å². The number of carbonyl (C=O) groups excluding carboxylic acids is 1. The van der Waals surface area contributed by atoms with Crippen molar-refractivity contribution in [2.45, 2.75) is 26.0 Å². The number of amides is 1. The molecule has 184 valence electrons. The van der Waals surface area contributed by atoms with Gasteiger partial charge < -0.3 is 19.8 Å². The molecule has 2 N–H and O–H groups in total. The topological polar surface area (TPSA) is 119 Å². The minimum absolute atomic E-state index is 0.0313. The number of nitrogens with one attached hydrogen (secondary N) is 2. The van der Waals surface area contributed by atoms with Crippen molar-refractivity contribution in [3.05, 3.63) is 100.0 Å². The number of nitrogens with zero attached hydrogens (tertiary/aromatic N) is 3. The summed E-state index contributed by atoms with van der Waals surface area (Å²) in [7, 11) is 1.48. The van der Waals surface area contributed by atoms with E-state index in [-0.39, 0.29) is 42.7 Å². The van der Waals surface area contributed by atoms with Gasteiger partial charge >= 0.3 is 0 Å². The van der Waals surface area contributed by atoms with Gasteiger partial charge in [0.25, 0.3) is 5.56 Å². The molecule has 0 unspecified atom stereocenters. The fraction of sp³-hybridized carbons (Fsp3) is 0.192. The van der Waals surface area contributed by atoms with E-state index >= 15 is 0 Å². The second-order valence-corrected chi connectivity index (χ2v) is 7.83. The third-order valence-electron chi connectivity index (χ3n) is 5.34. The molecule has 0 aliphatic heterocycles. The highest BCUT2D eigenvalue weighted by Crippen LogP contribution is 2.31. The molecule has 1 amide bonds. The Hall–Kier alpha value is -4.60. The number of ether oxygens (including phenoxy) is 2. The average Bonchev–Trinajstić information content (AvgIpc) is 2.91. The molecule has 4 rings (SSSR count). The number of benzene rings is 2. The lowest BCUT2D eigenvalue weighted by molar-refractivity contribution is -0.121. The number of aryl methyl sites for hydroxylation is 1. The van der Waals surface area contributed by atoms with Crippen molar-refractivity contribution in [2.24, 2.45) is 0 Å². The standard InChI is InChI=1S/C26H24FN5O4/c1-35-23-13-18(8-10-22(23)36-16-19-6-2-3-7-20(19)27)25-30-26(34)21(31-32-25)9-11-24(33)29-15-17-5-4-12-28-14-17/h2-8,10,12-14H,9,11,15-16H2,1H3,(H,29,33)(H,30,32,34). The number of methoxy groups -OCH3 is 1. The molecule has 2 heterocycles. The van der Waals surface area contributed by atoms with E-state index in [1.165, 1.54) is 13.2 Å². The Morgan fingerprint density at radius 3 is 2.69 bits per heavy atom. The summed E-state index contributed by atoms with van der Waals surface area (Å²) < 4.78 is 25.0. The molecule has 0 atom stereocenters. The van der Waals surface area contributed by atoms with E-state index < -0.39 is 5.56 Å². The Kier molecular flexibility index (Phi) is 7.97. The van der Waals surface area contributed by atoms with Gasteiger partial charge in [-0.1, -0.05) is 24.3 Å². The molecule has 2 aromatic carbocycles. The number of carbonyl (C=O) groups is 1. The quantitative estimate of drug-likeness (QED) is 0.351. The number of aromatic nitrogens is 4. The van der Waals surface area contributed by atoms with Crippen LogP contribution in [-0.2, 0) is 24.4 Å². The van der Waals surface area contributed by atoms with Crippen molar-refractivity contribution in [1.82, 2.24) is 25.5 Å². The van der Waals surface area contributed by atoms with Crippen molar-refractivity contribution in [1.29, 1.82) is 0 Å². The van der Waals surface area contributed by atoms with Gasteiger partial charge in [0.05, 0.1) is 7.11 Å². The lowest BCUT2D eigenvalue weighted by Crippen LogP contribution is -2.25. The molecule has 9 nitrogen and oxygen atoms in total. The van der Waals surface area contributed by atoms with Gasteiger partial charge in [-0.25, -0.2) is 4.39 Å². The summed E-state index contributed by atoms with van der Waals surface area (Å²) in [6, 6.07) is 15.0. The van der Waals surface area contributed by atoms with Gasteiger partial charge in [-0.3, -0.25) is 14.6 Å². The van der Waals surface area contributed by atoms with E-state index in [1.807, 2.05) is 6.07 Å². The van der Waals surface area contributed by atoms with Crippen molar-refractivity contribution in [2.75, 3.05) is 7.11 Å². The Labute approximate surface area is 206 Å². The summed E-state index contributed by atoms with van der Waals surface area (Å²) in [5, 5.41) is 10.9. The molecule has 0 saturated heterocycles. The molecule has 0 fully saturated rings. The van der Waals surface area contributed by atoms with Crippen LogP contribution < -0.4 is 20.3 Å². The molecular weight excluding hydrogens is 465 g/mol. The Morgan fingerprint density at radius 2 is 1.94 bits per heavy atom. The van der Waals surface area contributed by atoms with E-state index in [1.54, 1.807) is 54.9 Å². The second kappa shape index (κ2) is 11.7. The first kappa shape index (κ1) is 24.5. The molecule has 0 bridgehead atoms. The van der Waals surface area contributed by atoms with Gasteiger partial charge in [-0.2, -0.15) is 0 Å². The van der Waals surface area contributed by atoms with Crippen LogP contribution in [0.2, 0.25) is 0 Å². The zero-order valence-electron chi connectivity index (χ0n) is 19.5. The van der Waals surface area contributed by atoms with E-state index in [4.69, 9.17) is 9.47 Å². The first-order chi connectivity index (χ1) is 17.5. The lowest BCUT2D eigenvalue weighted by atomic mass is 10.2. The Balaban J connectivity index is 1.38. The van der Waals surface area contributed by atoms with E-state index in [9.17, 15) is 14.0 Å². The summed E-state index contributed by atoms with van der Waals surface area (Å²) in [6.07, 6.45) is 3.57. The van der Waals surface area contributed by atoms with Gasteiger partial charge in [-0.05, 0) is 35.9 Å². The number of aromatic amines is 1. The number of hydrogen-bond donors (Lipinski definition) is 2. The first-order valence-corrected chi connectivity index (χ1v) is 11.2. The molecule has 0 spiro atoms. The van der Waals surface area contributed by atoms with Gasteiger partial charge in [0, 0.05) is 42.9 Å². The largest absolute Gasteiger partial charge is 0.493 e. The number of pyridine rings is 1. The van der Waals surface area contributed by atoms with E-state index in [2.05, 4.69) is 25.5 Å². The zero-order valence-corrected chi connectivity index (χ0v) is 19.5. The maximum Gasteiger partial charge on any atom is 0.273 e. The van der Waals surface area contributed by atoms with E-state index in [0.717, 1.165) is 5.56 Å². The van der Waals surface area contributed by atoms with Crippen molar-refractivity contribution >= 4 is 5.91 Å². The molecule has 0 aliphatic carbocycles. The number of H-pyrrole nitrogens is 1. The molecule has 4 aromatic rings. The fourth-order valence-electron chi connectivity index (χ4n) is 3.38. The third kappa shape index (κ3) is 6.29. The SMILES string of the molecule is COc1cc(-c2nnc(CCC(=O)NCc3cccnc3)c(=O)[nH]2)ccc1OCc1ccccc1F.